The fourth-order valence-electron chi connectivity index (χ4n) is 1.84. The number of hydrogen-bond donors (Lipinski definition) is 1. The second-order valence-corrected chi connectivity index (χ2v) is 4.95. The first-order chi connectivity index (χ1) is 12.5. The summed E-state index contributed by atoms with van der Waals surface area (Å²) < 4.78 is 36.4. The number of ether oxygens (including phenoxy) is 2. The van der Waals surface area contributed by atoms with Gasteiger partial charge in [-0.25, -0.2) is 18.3 Å². The van der Waals surface area contributed by atoms with E-state index in [1.807, 2.05) is 0 Å². The Hall–Kier alpha value is -2.85. The molecule has 3 heterocycles. The predicted molar refractivity (Wildman–Crippen MR) is 87.3 cm³/mol. The number of fused-ring (bicyclic) bond motifs is 1. The monoisotopic (exact) mass is 386 g/mol. The zero-order chi connectivity index (χ0) is 19.1. The molecule has 0 amide bonds. The number of carbonyl (C=O) groups is 1. The number of aldehydes is 1. The molecular formula is C15H13ClF2N4O4. The topological polar surface area (TPSA) is 98.8 Å². The first-order valence-electron chi connectivity index (χ1n) is 7.06. The van der Waals surface area contributed by atoms with Crippen LogP contribution in [0.15, 0.2) is 30.6 Å². The third-order valence-electron chi connectivity index (χ3n) is 2.79. The van der Waals surface area contributed by atoms with Gasteiger partial charge in [-0.2, -0.15) is 10.1 Å². The molecule has 0 saturated heterocycles. The highest BCUT2D eigenvalue weighted by Crippen LogP contribution is 2.31. The van der Waals surface area contributed by atoms with Gasteiger partial charge in [0.05, 0.1) is 5.02 Å². The van der Waals surface area contributed by atoms with Crippen molar-refractivity contribution in [3.05, 3.63) is 41.3 Å². The number of halogens is 3. The summed E-state index contributed by atoms with van der Waals surface area (Å²) in [5.41, 5.74) is 0.587. The van der Waals surface area contributed by atoms with E-state index in [1.165, 1.54) is 35.1 Å². The summed E-state index contributed by atoms with van der Waals surface area (Å²) in [5.74, 6) is 0.0233. The van der Waals surface area contributed by atoms with Gasteiger partial charge in [0.2, 0.25) is 5.88 Å². The molecule has 0 bridgehead atoms. The van der Waals surface area contributed by atoms with E-state index in [1.54, 1.807) is 0 Å². The van der Waals surface area contributed by atoms with Crippen LogP contribution in [-0.4, -0.2) is 51.1 Å². The molecule has 138 valence electrons. The van der Waals surface area contributed by atoms with Crippen LogP contribution >= 0.6 is 11.6 Å². The molecule has 0 aliphatic rings. The van der Waals surface area contributed by atoms with E-state index in [-0.39, 0.29) is 28.2 Å². The lowest BCUT2D eigenvalue weighted by molar-refractivity contribution is 0.0804. The zero-order valence-electron chi connectivity index (χ0n) is 13.3. The Balaban J connectivity index is 0.00000117. The maximum atomic E-state index is 12.3. The maximum absolute atomic E-state index is 12.3. The number of aromatic nitrogens is 4. The number of carbonyl (C=O) groups excluding carboxylic acids is 1. The van der Waals surface area contributed by atoms with Gasteiger partial charge in [0.15, 0.2) is 17.7 Å². The molecule has 0 aliphatic carbocycles. The SMILES string of the molecule is CO.O=Cc1cc2nc(Oc3ncc(Cl)cc3OCC(F)F)ccn2n1. The normalized spacial score (nSPS) is 10.4. The predicted octanol–water partition coefficient (Wildman–Crippen LogP) is 2.63. The maximum Gasteiger partial charge on any atom is 0.272 e. The van der Waals surface area contributed by atoms with Gasteiger partial charge in [0.1, 0.15) is 12.3 Å². The molecule has 3 aromatic rings. The van der Waals surface area contributed by atoms with E-state index in [0.29, 0.717) is 11.9 Å². The molecule has 0 spiro atoms. The zero-order valence-corrected chi connectivity index (χ0v) is 14.1. The van der Waals surface area contributed by atoms with Gasteiger partial charge >= 0.3 is 0 Å². The molecule has 3 rings (SSSR count). The molecule has 1 N–H and O–H groups in total. The van der Waals surface area contributed by atoms with E-state index in [2.05, 4.69) is 15.1 Å². The van der Waals surface area contributed by atoms with Crippen molar-refractivity contribution in [2.45, 2.75) is 6.43 Å². The van der Waals surface area contributed by atoms with E-state index < -0.39 is 13.0 Å². The summed E-state index contributed by atoms with van der Waals surface area (Å²) in [6, 6.07) is 4.25. The molecule has 0 unspecified atom stereocenters. The van der Waals surface area contributed by atoms with Crippen molar-refractivity contribution in [3.63, 3.8) is 0 Å². The quantitative estimate of drug-likeness (QED) is 0.650. The summed E-state index contributed by atoms with van der Waals surface area (Å²) in [4.78, 5) is 18.8. The van der Waals surface area contributed by atoms with Crippen molar-refractivity contribution in [1.29, 1.82) is 0 Å². The van der Waals surface area contributed by atoms with Crippen molar-refractivity contribution in [1.82, 2.24) is 19.6 Å². The van der Waals surface area contributed by atoms with Gasteiger partial charge in [-0.1, -0.05) is 11.6 Å². The number of aliphatic hydroxyl groups excluding tert-OH is 1. The second-order valence-electron chi connectivity index (χ2n) is 4.52. The average molecular weight is 387 g/mol. The van der Waals surface area contributed by atoms with Crippen molar-refractivity contribution in [2.24, 2.45) is 0 Å². The van der Waals surface area contributed by atoms with Crippen LogP contribution in [0.2, 0.25) is 5.02 Å². The summed E-state index contributed by atoms with van der Waals surface area (Å²) in [6.07, 6.45) is 0.750. The van der Waals surface area contributed by atoms with Crippen LogP contribution in [0.1, 0.15) is 10.5 Å². The molecule has 0 aromatic carbocycles. The van der Waals surface area contributed by atoms with E-state index in [0.717, 1.165) is 7.11 Å². The van der Waals surface area contributed by atoms with Gasteiger partial charge in [-0.15, -0.1) is 0 Å². The van der Waals surface area contributed by atoms with Crippen LogP contribution < -0.4 is 9.47 Å². The fraction of sp³-hybridized carbons (Fsp3) is 0.200. The average Bonchev–Trinajstić information content (AvgIpc) is 3.06. The lowest BCUT2D eigenvalue weighted by Gasteiger charge is -2.11. The lowest BCUT2D eigenvalue weighted by Crippen LogP contribution is -2.08. The highest BCUT2D eigenvalue weighted by Gasteiger charge is 2.13. The van der Waals surface area contributed by atoms with Crippen LogP contribution in [-0.2, 0) is 0 Å². The van der Waals surface area contributed by atoms with Crippen molar-refractivity contribution in [2.75, 3.05) is 13.7 Å². The standard InChI is InChI=1S/C14H9ClF2N4O3.CH4O/c15-8-3-10(23-7-11(16)17)14(18-5-8)24-13-1-2-21-12(19-13)4-9(6-22)20-21;1-2/h1-6,11H,7H2;2H,1H3. The van der Waals surface area contributed by atoms with Crippen molar-refractivity contribution < 1.29 is 28.2 Å². The number of rotatable bonds is 6. The Morgan fingerprint density at radius 2 is 2.15 bits per heavy atom. The summed E-state index contributed by atoms with van der Waals surface area (Å²) in [7, 11) is 1.00. The Morgan fingerprint density at radius 1 is 1.38 bits per heavy atom. The van der Waals surface area contributed by atoms with Crippen LogP contribution in [0.25, 0.3) is 5.65 Å². The van der Waals surface area contributed by atoms with Crippen LogP contribution in [0.3, 0.4) is 0 Å². The van der Waals surface area contributed by atoms with Crippen molar-refractivity contribution in [3.8, 4) is 17.5 Å². The molecule has 8 nitrogen and oxygen atoms in total. The minimum absolute atomic E-state index is 0.0356. The number of pyridine rings is 1. The van der Waals surface area contributed by atoms with Crippen LogP contribution in [0, 0.1) is 0 Å². The van der Waals surface area contributed by atoms with Crippen LogP contribution in [0.5, 0.6) is 17.5 Å². The van der Waals surface area contributed by atoms with Gasteiger partial charge in [-0.05, 0) is 0 Å². The number of hydrogen-bond acceptors (Lipinski definition) is 7. The molecule has 11 heteroatoms. The molecule has 0 aliphatic heterocycles. The number of alkyl halides is 2. The van der Waals surface area contributed by atoms with E-state index >= 15 is 0 Å². The molecule has 0 radical (unpaired) electrons. The van der Waals surface area contributed by atoms with Crippen LogP contribution in [0.4, 0.5) is 8.78 Å². The molecule has 0 atom stereocenters. The number of aliphatic hydroxyl groups is 1. The molecule has 0 fully saturated rings. The lowest BCUT2D eigenvalue weighted by atomic mass is 10.4. The molecule has 3 aromatic heterocycles. The Labute approximate surface area is 151 Å². The minimum Gasteiger partial charge on any atom is -0.482 e. The molecular weight excluding hydrogens is 374 g/mol. The van der Waals surface area contributed by atoms with Crippen molar-refractivity contribution >= 4 is 23.5 Å². The Bertz CT molecular complexity index is 891. The Kier molecular flexibility index (Phi) is 6.75. The first kappa shape index (κ1) is 19.5. The molecule has 0 saturated carbocycles. The van der Waals surface area contributed by atoms with Gasteiger partial charge in [-0.3, -0.25) is 4.79 Å². The largest absolute Gasteiger partial charge is 0.482 e. The third-order valence-corrected chi connectivity index (χ3v) is 3.00. The Morgan fingerprint density at radius 3 is 2.85 bits per heavy atom. The molecule has 26 heavy (non-hydrogen) atoms. The van der Waals surface area contributed by atoms with Gasteiger partial charge in [0, 0.05) is 37.7 Å². The summed E-state index contributed by atoms with van der Waals surface area (Å²) in [6.45, 7) is -0.823. The van der Waals surface area contributed by atoms with Gasteiger partial charge < -0.3 is 14.6 Å². The van der Waals surface area contributed by atoms with Gasteiger partial charge in [0.25, 0.3) is 12.3 Å². The third kappa shape index (κ3) is 4.83. The summed E-state index contributed by atoms with van der Waals surface area (Å²) in [5, 5.41) is 11.2. The highest BCUT2D eigenvalue weighted by molar-refractivity contribution is 6.30. The summed E-state index contributed by atoms with van der Waals surface area (Å²) >= 11 is 5.79. The minimum atomic E-state index is -2.65. The highest BCUT2D eigenvalue weighted by atomic mass is 35.5. The van der Waals surface area contributed by atoms with E-state index in [4.69, 9.17) is 26.2 Å². The number of nitrogens with zero attached hydrogens (tertiary/aromatic N) is 4. The smallest absolute Gasteiger partial charge is 0.272 e. The fourth-order valence-corrected chi connectivity index (χ4v) is 1.98. The second kappa shape index (κ2) is 9.02. The van der Waals surface area contributed by atoms with E-state index in [9.17, 15) is 13.6 Å². The first-order valence-corrected chi connectivity index (χ1v) is 7.43.